The molecular weight excluding hydrogens is 388 g/mol. The van der Waals surface area contributed by atoms with Gasteiger partial charge in [0.15, 0.2) is 0 Å². The zero-order valence-electron chi connectivity index (χ0n) is 16.1. The minimum absolute atomic E-state index is 0.0566. The van der Waals surface area contributed by atoms with Crippen LogP contribution in [-0.4, -0.2) is 16.9 Å². The predicted molar refractivity (Wildman–Crippen MR) is 115 cm³/mol. The van der Waals surface area contributed by atoms with Crippen molar-refractivity contribution in [2.45, 2.75) is 19.9 Å². The lowest BCUT2D eigenvalue weighted by molar-refractivity contribution is -0.119. The molecule has 2 aromatic carbocycles. The molecule has 1 amide bonds. The van der Waals surface area contributed by atoms with E-state index in [9.17, 15) is 4.79 Å². The van der Waals surface area contributed by atoms with Gasteiger partial charge in [0.2, 0.25) is 11.8 Å². The average Bonchev–Trinajstić information content (AvgIpc) is 2.70. The van der Waals surface area contributed by atoms with Gasteiger partial charge in [-0.15, -0.1) is 0 Å². The van der Waals surface area contributed by atoms with Crippen molar-refractivity contribution < 1.29 is 14.3 Å². The number of ether oxygens (including phenoxy) is 2. The largest absolute Gasteiger partial charge is 0.457 e. The summed E-state index contributed by atoms with van der Waals surface area (Å²) in [6.07, 6.45) is 5.47. The van der Waals surface area contributed by atoms with Gasteiger partial charge in [0.25, 0.3) is 0 Å². The first kappa shape index (κ1) is 20.4. The topological polar surface area (TPSA) is 60.5 Å². The number of carbonyl (C=O) groups excluding carboxylic acids is 1. The Morgan fingerprint density at radius 2 is 1.86 bits per heavy atom. The van der Waals surface area contributed by atoms with Crippen LogP contribution in [0.4, 0.5) is 0 Å². The molecule has 1 aromatic heterocycles. The number of nitrogens with one attached hydrogen (secondary N) is 1. The molecule has 0 saturated heterocycles. The minimum atomic E-state index is -0.0684. The van der Waals surface area contributed by atoms with Gasteiger partial charge >= 0.3 is 0 Å². The Balaban J connectivity index is 1.62. The number of hydrogen-bond donors (Lipinski definition) is 1. The van der Waals surface area contributed by atoms with E-state index in [1.807, 2.05) is 55.5 Å². The summed E-state index contributed by atoms with van der Waals surface area (Å²) in [7, 11) is 0. The molecule has 0 saturated carbocycles. The maximum absolute atomic E-state index is 11.0. The molecule has 3 aromatic rings. The van der Waals surface area contributed by atoms with E-state index in [1.165, 1.54) is 6.92 Å². The maximum Gasteiger partial charge on any atom is 0.219 e. The van der Waals surface area contributed by atoms with Gasteiger partial charge in [0, 0.05) is 31.3 Å². The zero-order chi connectivity index (χ0) is 20.6. The summed E-state index contributed by atoms with van der Waals surface area (Å²) >= 11 is 6.32. The van der Waals surface area contributed by atoms with E-state index in [0.717, 1.165) is 11.3 Å². The van der Waals surface area contributed by atoms with Crippen LogP contribution in [0.3, 0.4) is 0 Å². The molecule has 0 unspecified atom stereocenters. The van der Waals surface area contributed by atoms with Crippen molar-refractivity contribution in [1.82, 2.24) is 10.3 Å². The number of rotatable bonds is 7. The normalized spacial score (nSPS) is 11.8. The summed E-state index contributed by atoms with van der Waals surface area (Å²) in [5, 5.41) is 3.21. The van der Waals surface area contributed by atoms with Crippen molar-refractivity contribution in [3.05, 3.63) is 83.5 Å². The van der Waals surface area contributed by atoms with Crippen molar-refractivity contribution in [1.29, 1.82) is 0 Å². The number of benzene rings is 2. The molecule has 1 N–H and O–H groups in total. The van der Waals surface area contributed by atoms with Gasteiger partial charge in [-0.3, -0.25) is 4.79 Å². The molecule has 0 fully saturated rings. The third-order valence-electron chi connectivity index (χ3n) is 3.86. The van der Waals surface area contributed by atoms with E-state index in [4.69, 9.17) is 21.1 Å². The van der Waals surface area contributed by atoms with Crippen LogP contribution in [0, 0.1) is 0 Å². The number of para-hydroxylation sites is 1. The Labute approximate surface area is 175 Å². The molecule has 148 valence electrons. The van der Waals surface area contributed by atoms with Gasteiger partial charge in [0.1, 0.15) is 17.2 Å². The SMILES string of the molecule is CC(=O)N[C@@H](C)/C=C/c1ccc(Oc2ccc(Oc3ccccc3)cc2Cl)nc1. The quantitative estimate of drug-likeness (QED) is 0.532. The second-order valence-corrected chi connectivity index (χ2v) is 6.79. The van der Waals surface area contributed by atoms with Gasteiger partial charge in [-0.1, -0.05) is 42.0 Å². The highest BCUT2D eigenvalue weighted by molar-refractivity contribution is 6.32. The Hall–Kier alpha value is -3.31. The molecule has 29 heavy (non-hydrogen) atoms. The molecular formula is C23H21ClN2O3. The van der Waals surface area contributed by atoms with E-state index < -0.39 is 0 Å². The molecule has 0 aliphatic heterocycles. The van der Waals surface area contributed by atoms with Gasteiger partial charge in [-0.2, -0.15) is 0 Å². The van der Waals surface area contributed by atoms with Gasteiger partial charge in [-0.05, 0) is 42.8 Å². The van der Waals surface area contributed by atoms with Crippen LogP contribution in [-0.2, 0) is 4.79 Å². The van der Waals surface area contributed by atoms with Crippen molar-refractivity contribution >= 4 is 23.6 Å². The highest BCUT2D eigenvalue weighted by Gasteiger charge is 2.07. The molecule has 1 heterocycles. The number of carbonyl (C=O) groups is 1. The summed E-state index contributed by atoms with van der Waals surface area (Å²) < 4.78 is 11.5. The minimum Gasteiger partial charge on any atom is -0.457 e. The second-order valence-electron chi connectivity index (χ2n) is 6.39. The van der Waals surface area contributed by atoms with Crippen LogP contribution in [0.25, 0.3) is 6.08 Å². The first-order valence-electron chi connectivity index (χ1n) is 9.11. The third kappa shape index (κ3) is 6.36. The second kappa shape index (κ2) is 9.75. The van der Waals surface area contributed by atoms with E-state index in [1.54, 1.807) is 30.5 Å². The standard InChI is InChI=1S/C23H21ClN2O3/c1-16(26-17(2)27)8-9-18-10-13-23(25-15-18)29-22-12-11-20(14-21(22)24)28-19-6-4-3-5-7-19/h3-16H,1-2H3,(H,26,27)/b9-8+/t16-/m0/s1. The highest BCUT2D eigenvalue weighted by atomic mass is 35.5. The van der Waals surface area contributed by atoms with Crippen molar-refractivity contribution in [2.75, 3.05) is 0 Å². The van der Waals surface area contributed by atoms with Crippen molar-refractivity contribution in [2.24, 2.45) is 0 Å². The number of aromatic nitrogens is 1. The van der Waals surface area contributed by atoms with E-state index in [2.05, 4.69) is 10.3 Å². The van der Waals surface area contributed by atoms with Crippen LogP contribution in [0.2, 0.25) is 5.02 Å². The maximum atomic E-state index is 11.0. The summed E-state index contributed by atoms with van der Waals surface area (Å²) in [5.41, 5.74) is 0.896. The summed E-state index contributed by atoms with van der Waals surface area (Å²) in [4.78, 5) is 15.3. The van der Waals surface area contributed by atoms with Crippen molar-refractivity contribution in [3.63, 3.8) is 0 Å². The van der Waals surface area contributed by atoms with Crippen LogP contribution in [0.5, 0.6) is 23.1 Å². The molecule has 6 heteroatoms. The van der Waals surface area contributed by atoms with Crippen LogP contribution >= 0.6 is 11.6 Å². The van der Waals surface area contributed by atoms with Gasteiger partial charge in [-0.25, -0.2) is 4.98 Å². The number of amides is 1. The van der Waals surface area contributed by atoms with Gasteiger partial charge < -0.3 is 14.8 Å². The molecule has 1 atom stereocenters. The first-order chi connectivity index (χ1) is 14.0. The van der Waals surface area contributed by atoms with Gasteiger partial charge in [0.05, 0.1) is 5.02 Å². The average molecular weight is 409 g/mol. The number of halogens is 1. The lowest BCUT2D eigenvalue weighted by Crippen LogP contribution is -2.28. The zero-order valence-corrected chi connectivity index (χ0v) is 16.9. The molecule has 0 bridgehead atoms. The monoisotopic (exact) mass is 408 g/mol. The Bertz CT molecular complexity index is 989. The van der Waals surface area contributed by atoms with E-state index in [-0.39, 0.29) is 11.9 Å². The van der Waals surface area contributed by atoms with Crippen LogP contribution < -0.4 is 14.8 Å². The Morgan fingerprint density at radius 3 is 2.52 bits per heavy atom. The molecule has 0 radical (unpaired) electrons. The number of hydrogen-bond acceptors (Lipinski definition) is 4. The molecule has 0 spiro atoms. The van der Waals surface area contributed by atoms with Crippen molar-refractivity contribution in [3.8, 4) is 23.1 Å². The lowest BCUT2D eigenvalue weighted by atomic mass is 10.2. The first-order valence-corrected chi connectivity index (χ1v) is 9.49. The molecule has 0 aliphatic carbocycles. The predicted octanol–water partition coefficient (Wildman–Crippen LogP) is 5.86. The number of pyridine rings is 1. The molecule has 3 rings (SSSR count). The van der Waals surface area contributed by atoms with Crippen LogP contribution in [0.1, 0.15) is 19.4 Å². The smallest absolute Gasteiger partial charge is 0.219 e. The fourth-order valence-corrected chi connectivity index (χ4v) is 2.75. The number of nitrogens with zero attached hydrogens (tertiary/aromatic N) is 1. The Kier molecular flexibility index (Phi) is 6.87. The third-order valence-corrected chi connectivity index (χ3v) is 4.16. The highest BCUT2D eigenvalue weighted by Crippen LogP contribution is 2.33. The van der Waals surface area contributed by atoms with Crippen LogP contribution in [0.15, 0.2) is 72.9 Å². The van der Waals surface area contributed by atoms with E-state index in [0.29, 0.717) is 22.4 Å². The fraction of sp³-hybridized carbons (Fsp3) is 0.130. The van der Waals surface area contributed by atoms with E-state index >= 15 is 0 Å². The summed E-state index contributed by atoms with van der Waals surface area (Å²) in [6.45, 7) is 3.39. The molecule has 5 nitrogen and oxygen atoms in total. The summed E-state index contributed by atoms with van der Waals surface area (Å²) in [5.74, 6) is 2.20. The molecule has 0 aliphatic rings. The Morgan fingerprint density at radius 1 is 1.07 bits per heavy atom. The summed E-state index contributed by atoms with van der Waals surface area (Å²) in [6, 6.07) is 18.3. The fourth-order valence-electron chi connectivity index (χ4n) is 2.54. The lowest BCUT2D eigenvalue weighted by Gasteiger charge is -2.10.